The fraction of sp³-hybridized carbons (Fsp3) is 0.318. The van der Waals surface area contributed by atoms with Gasteiger partial charge in [-0.1, -0.05) is 18.2 Å². The van der Waals surface area contributed by atoms with Gasteiger partial charge >= 0.3 is 5.97 Å². The topological polar surface area (TPSA) is 103 Å². The van der Waals surface area contributed by atoms with Crippen LogP contribution in [0.3, 0.4) is 0 Å². The number of thioether (sulfide) groups is 1. The number of carbonyl (C=O) groups excluding carboxylic acids is 3. The molecule has 0 bridgehead atoms. The Hall–Kier alpha value is -3.20. The molecule has 0 aliphatic carbocycles. The summed E-state index contributed by atoms with van der Waals surface area (Å²) in [6.45, 7) is -0.380. The van der Waals surface area contributed by atoms with Crippen molar-refractivity contribution in [3.63, 3.8) is 0 Å². The van der Waals surface area contributed by atoms with E-state index in [-0.39, 0.29) is 25.0 Å². The summed E-state index contributed by atoms with van der Waals surface area (Å²) in [7, 11) is 1.28. The fourth-order valence-electron chi connectivity index (χ4n) is 2.47. The summed E-state index contributed by atoms with van der Waals surface area (Å²) in [5, 5.41) is 5.51. The highest BCUT2D eigenvalue weighted by atomic mass is 32.2. The maximum atomic E-state index is 12.7. The lowest BCUT2D eigenvalue weighted by atomic mass is 10.2. The number of nitrogens with one attached hydrogen (secondary N) is 2. The largest absolute Gasteiger partial charge is 0.484 e. The summed E-state index contributed by atoms with van der Waals surface area (Å²) in [4.78, 5) is 36.1. The zero-order chi connectivity index (χ0) is 22.5. The quantitative estimate of drug-likeness (QED) is 0.483. The van der Waals surface area contributed by atoms with Gasteiger partial charge < -0.3 is 24.8 Å². The van der Waals surface area contributed by atoms with Gasteiger partial charge in [-0.3, -0.25) is 9.59 Å². The van der Waals surface area contributed by atoms with E-state index in [1.54, 1.807) is 48.2 Å². The molecule has 0 saturated heterocycles. The molecule has 2 aromatic carbocycles. The molecule has 0 saturated carbocycles. The first-order chi connectivity index (χ1) is 15.0. The van der Waals surface area contributed by atoms with E-state index in [0.717, 1.165) is 0 Å². The van der Waals surface area contributed by atoms with Crippen LogP contribution in [0.2, 0.25) is 0 Å². The Balaban J connectivity index is 1.89. The van der Waals surface area contributed by atoms with Crippen LogP contribution >= 0.6 is 11.8 Å². The first-order valence-corrected chi connectivity index (χ1v) is 11.0. The van der Waals surface area contributed by atoms with Gasteiger partial charge in [-0.2, -0.15) is 11.8 Å². The highest BCUT2D eigenvalue weighted by Crippen LogP contribution is 2.16. The summed E-state index contributed by atoms with van der Waals surface area (Å²) in [6.07, 6.45) is 2.41. The van der Waals surface area contributed by atoms with Gasteiger partial charge in [-0.25, -0.2) is 4.79 Å². The normalized spacial score (nSPS) is 11.2. The van der Waals surface area contributed by atoms with Crippen LogP contribution in [0, 0.1) is 0 Å². The van der Waals surface area contributed by atoms with Crippen LogP contribution < -0.4 is 20.1 Å². The SMILES string of the molecule is COC(=O)COc1ccc(NC(=O)C(CCSC)NC(=O)COc2ccccc2)cc1. The van der Waals surface area contributed by atoms with Gasteiger partial charge in [-0.15, -0.1) is 0 Å². The first kappa shape index (κ1) is 24.1. The molecule has 1 unspecified atom stereocenters. The van der Waals surface area contributed by atoms with Gasteiger partial charge in [0, 0.05) is 5.69 Å². The molecule has 2 N–H and O–H groups in total. The van der Waals surface area contributed by atoms with E-state index in [2.05, 4.69) is 15.4 Å². The van der Waals surface area contributed by atoms with E-state index < -0.39 is 12.0 Å². The number of esters is 1. The maximum Gasteiger partial charge on any atom is 0.343 e. The number of hydrogen-bond donors (Lipinski definition) is 2. The van der Waals surface area contributed by atoms with Crippen molar-refractivity contribution >= 4 is 35.2 Å². The Bertz CT molecular complexity index is 845. The first-order valence-electron chi connectivity index (χ1n) is 9.58. The minimum Gasteiger partial charge on any atom is -0.484 e. The average molecular weight is 447 g/mol. The van der Waals surface area contributed by atoms with E-state index in [4.69, 9.17) is 9.47 Å². The Labute approximate surface area is 185 Å². The molecule has 31 heavy (non-hydrogen) atoms. The second-order valence-electron chi connectivity index (χ2n) is 6.38. The van der Waals surface area contributed by atoms with Gasteiger partial charge in [0.05, 0.1) is 7.11 Å². The molecule has 2 amide bonds. The van der Waals surface area contributed by atoms with Crippen LogP contribution in [-0.4, -0.2) is 56.2 Å². The Kier molecular flexibility index (Phi) is 10.2. The van der Waals surface area contributed by atoms with Gasteiger partial charge in [0.25, 0.3) is 5.91 Å². The van der Waals surface area contributed by atoms with E-state index in [1.165, 1.54) is 7.11 Å². The predicted molar refractivity (Wildman–Crippen MR) is 119 cm³/mol. The highest BCUT2D eigenvalue weighted by Gasteiger charge is 2.21. The van der Waals surface area contributed by atoms with Crippen molar-refractivity contribution in [2.24, 2.45) is 0 Å². The van der Waals surface area contributed by atoms with Gasteiger partial charge in [0.15, 0.2) is 13.2 Å². The van der Waals surface area contributed by atoms with Crippen LogP contribution in [0.25, 0.3) is 0 Å². The third-order valence-electron chi connectivity index (χ3n) is 4.08. The van der Waals surface area contributed by atoms with Crippen LogP contribution in [0.15, 0.2) is 54.6 Å². The molecular weight excluding hydrogens is 420 g/mol. The molecule has 0 aromatic heterocycles. The number of anilines is 1. The van der Waals surface area contributed by atoms with E-state index >= 15 is 0 Å². The van der Waals surface area contributed by atoms with E-state index in [9.17, 15) is 14.4 Å². The monoisotopic (exact) mass is 446 g/mol. The number of amides is 2. The summed E-state index contributed by atoms with van der Waals surface area (Å²) < 4.78 is 15.2. The number of ether oxygens (including phenoxy) is 3. The molecule has 166 valence electrons. The molecule has 2 aromatic rings. The zero-order valence-corrected chi connectivity index (χ0v) is 18.3. The summed E-state index contributed by atoms with van der Waals surface area (Å²) in [5.41, 5.74) is 0.541. The molecule has 0 spiro atoms. The molecule has 2 rings (SSSR count). The molecule has 0 aliphatic rings. The second kappa shape index (κ2) is 13.2. The average Bonchev–Trinajstić information content (AvgIpc) is 2.80. The Morgan fingerprint density at radius 1 is 0.935 bits per heavy atom. The molecule has 8 nitrogen and oxygen atoms in total. The van der Waals surface area contributed by atoms with Crippen molar-refractivity contribution in [3.05, 3.63) is 54.6 Å². The van der Waals surface area contributed by atoms with Gasteiger partial charge in [0.1, 0.15) is 17.5 Å². The predicted octanol–water partition coefficient (Wildman–Crippen LogP) is 2.49. The number of carbonyl (C=O) groups is 3. The van der Waals surface area contributed by atoms with Crippen molar-refractivity contribution in [2.45, 2.75) is 12.5 Å². The summed E-state index contributed by atoms with van der Waals surface area (Å²) in [5.74, 6) is 0.562. The number of rotatable bonds is 12. The van der Waals surface area contributed by atoms with Crippen molar-refractivity contribution in [2.75, 3.05) is 37.6 Å². The summed E-state index contributed by atoms with van der Waals surface area (Å²) in [6, 6.07) is 14.8. The lowest BCUT2D eigenvalue weighted by molar-refractivity contribution is -0.142. The molecule has 9 heteroatoms. The Morgan fingerprint density at radius 3 is 2.23 bits per heavy atom. The van der Waals surface area contributed by atoms with Gasteiger partial charge in [-0.05, 0) is 54.8 Å². The van der Waals surface area contributed by atoms with Crippen molar-refractivity contribution < 1.29 is 28.6 Å². The van der Waals surface area contributed by atoms with Crippen LogP contribution in [0.4, 0.5) is 5.69 Å². The van der Waals surface area contributed by atoms with Crippen molar-refractivity contribution in [1.29, 1.82) is 0 Å². The van der Waals surface area contributed by atoms with Crippen LogP contribution in [0.1, 0.15) is 6.42 Å². The van der Waals surface area contributed by atoms with Gasteiger partial charge in [0.2, 0.25) is 5.91 Å². The van der Waals surface area contributed by atoms with Crippen LogP contribution in [-0.2, 0) is 19.1 Å². The number of para-hydroxylation sites is 1. The van der Waals surface area contributed by atoms with E-state index in [1.807, 2.05) is 24.5 Å². The molecule has 0 radical (unpaired) electrons. The van der Waals surface area contributed by atoms with Crippen molar-refractivity contribution in [1.82, 2.24) is 5.32 Å². The lowest BCUT2D eigenvalue weighted by Crippen LogP contribution is -2.45. The van der Waals surface area contributed by atoms with Crippen LogP contribution in [0.5, 0.6) is 11.5 Å². The number of benzene rings is 2. The molecule has 0 aliphatic heterocycles. The van der Waals surface area contributed by atoms with E-state index in [0.29, 0.717) is 29.4 Å². The minimum atomic E-state index is -0.699. The molecule has 0 heterocycles. The fourth-order valence-corrected chi connectivity index (χ4v) is 2.94. The zero-order valence-electron chi connectivity index (χ0n) is 17.5. The third-order valence-corrected chi connectivity index (χ3v) is 4.73. The Morgan fingerprint density at radius 2 is 1.58 bits per heavy atom. The lowest BCUT2D eigenvalue weighted by Gasteiger charge is -2.18. The number of hydrogen-bond acceptors (Lipinski definition) is 7. The molecule has 1 atom stereocenters. The molecular formula is C22H26N2O6S. The number of methoxy groups -OCH3 is 1. The van der Waals surface area contributed by atoms with Crippen molar-refractivity contribution in [3.8, 4) is 11.5 Å². The molecule has 0 fully saturated rings. The standard InChI is InChI=1S/C22H26N2O6S/c1-28-21(26)15-30-18-10-8-16(9-11-18)23-22(27)19(12-13-31-2)24-20(25)14-29-17-6-4-3-5-7-17/h3-11,19H,12-15H2,1-2H3,(H,23,27)(H,24,25). The second-order valence-corrected chi connectivity index (χ2v) is 7.37. The maximum absolute atomic E-state index is 12.7. The highest BCUT2D eigenvalue weighted by molar-refractivity contribution is 7.98. The summed E-state index contributed by atoms with van der Waals surface area (Å²) >= 11 is 1.59. The third kappa shape index (κ3) is 9.00. The minimum absolute atomic E-state index is 0.181. The smallest absolute Gasteiger partial charge is 0.343 e.